The Morgan fingerprint density at radius 3 is 2.65 bits per heavy atom. The van der Waals surface area contributed by atoms with E-state index in [4.69, 9.17) is 16.9 Å². The van der Waals surface area contributed by atoms with E-state index in [1.807, 2.05) is 12.1 Å². The van der Waals surface area contributed by atoms with Crippen LogP contribution in [0.2, 0.25) is 5.02 Å². The maximum Gasteiger partial charge on any atom is 0.282 e. The largest absolute Gasteiger partial charge is 0.282 e. The van der Waals surface area contributed by atoms with Gasteiger partial charge in [0, 0.05) is 38.1 Å². The smallest absolute Gasteiger partial charge is 0.198 e. The predicted molar refractivity (Wildman–Crippen MR) is 79.3 cm³/mol. The van der Waals surface area contributed by atoms with Crippen LogP contribution in [0.1, 0.15) is 18.9 Å². The van der Waals surface area contributed by atoms with Gasteiger partial charge in [0.05, 0.1) is 6.07 Å². The van der Waals surface area contributed by atoms with Gasteiger partial charge in [-0.1, -0.05) is 30.7 Å². The molecule has 1 aromatic rings. The zero-order valence-corrected chi connectivity index (χ0v) is 13.2. The van der Waals surface area contributed by atoms with Crippen LogP contribution in [0, 0.1) is 11.3 Å². The average molecular weight is 316 g/mol. The third-order valence-corrected chi connectivity index (χ3v) is 5.10. The monoisotopic (exact) mass is 315 g/mol. The molecule has 0 atom stereocenters. The van der Waals surface area contributed by atoms with Gasteiger partial charge in [0.15, 0.2) is 0 Å². The van der Waals surface area contributed by atoms with Crippen LogP contribution in [0.4, 0.5) is 0 Å². The Kier molecular flexibility index (Phi) is 6.43. The summed E-state index contributed by atoms with van der Waals surface area (Å²) in [5, 5.41) is 9.12. The number of hydrogen-bond donors (Lipinski definition) is 0. The zero-order chi connectivity index (χ0) is 15.2. The summed E-state index contributed by atoms with van der Waals surface area (Å²) < 4.78 is 27.3. The fraction of sp³-hybridized carbons (Fsp3) is 0.462. The molecule has 0 aromatic heterocycles. The van der Waals surface area contributed by atoms with E-state index in [-0.39, 0.29) is 19.5 Å². The molecule has 20 heavy (non-hydrogen) atoms. The summed E-state index contributed by atoms with van der Waals surface area (Å²) in [6, 6.07) is 9.05. The maximum atomic E-state index is 12.4. The Balaban J connectivity index is 2.87. The Morgan fingerprint density at radius 1 is 1.40 bits per heavy atom. The minimum Gasteiger partial charge on any atom is -0.198 e. The lowest BCUT2D eigenvalue weighted by molar-refractivity contribution is 0.366. The molecule has 0 radical (unpaired) electrons. The Bertz CT molecular complexity index is 584. The Hall–Kier alpha value is -1.13. The molecule has 5 nitrogen and oxygen atoms in total. The van der Waals surface area contributed by atoms with Crippen LogP contribution >= 0.6 is 11.6 Å². The molecule has 1 aromatic carbocycles. The van der Waals surface area contributed by atoms with Crippen LogP contribution in [0.25, 0.3) is 0 Å². The predicted octanol–water partition coefficient (Wildman–Crippen LogP) is 2.25. The first-order valence-electron chi connectivity index (χ1n) is 6.24. The summed E-state index contributed by atoms with van der Waals surface area (Å²) in [4.78, 5) is 0. The highest BCUT2D eigenvalue weighted by Crippen LogP contribution is 2.16. The van der Waals surface area contributed by atoms with Crippen molar-refractivity contribution in [2.45, 2.75) is 19.9 Å². The minimum atomic E-state index is -3.56. The van der Waals surface area contributed by atoms with Crippen LogP contribution in [-0.2, 0) is 16.8 Å². The topological polar surface area (TPSA) is 64.4 Å². The van der Waals surface area contributed by atoms with Gasteiger partial charge in [-0.25, -0.2) is 0 Å². The first-order valence-corrected chi connectivity index (χ1v) is 8.02. The fourth-order valence-corrected chi connectivity index (χ4v) is 3.28. The molecular formula is C13H18ClN3O2S. The second kappa shape index (κ2) is 7.60. The minimum absolute atomic E-state index is 0.171. The quantitative estimate of drug-likeness (QED) is 0.775. The van der Waals surface area contributed by atoms with E-state index in [1.54, 1.807) is 25.1 Å². The van der Waals surface area contributed by atoms with Gasteiger partial charge in [0.1, 0.15) is 0 Å². The lowest BCUT2D eigenvalue weighted by Gasteiger charge is -2.26. The number of nitrogens with zero attached hydrogens (tertiary/aromatic N) is 3. The summed E-state index contributed by atoms with van der Waals surface area (Å²) in [5.41, 5.74) is 0.830. The summed E-state index contributed by atoms with van der Waals surface area (Å²) in [5.74, 6) is 0. The van der Waals surface area contributed by atoms with Crippen molar-refractivity contribution in [3.05, 3.63) is 34.9 Å². The van der Waals surface area contributed by atoms with E-state index in [1.165, 1.54) is 15.7 Å². The summed E-state index contributed by atoms with van der Waals surface area (Å²) in [6.45, 7) is 2.58. The first-order chi connectivity index (χ1) is 9.41. The van der Waals surface area contributed by atoms with Crippen LogP contribution < -0.4 is 0 Å². The van der Waals surface area contributed by atoms with Gasteiger partial charge in [0.25, 0.3) is 10.2 Å². The number of halogens is 1. The number of hydrogen-bond acceptors (Lipinski definition) is 3. The normalized spacial score (nSPS) is 11.8. The molecule has 0 unspecified atom stereocenters. The van der Waals surface area contributed by atoms with Gasteiger partial charge in [0.2, 0.25) is 0 Å². The Morgan fingerprint density at radius 2 is 2.10 bits per heavy atom. The molecule has 7 heteroatoms. The SMILES string of the molecule is CCN(Cc1cccc(Cl)c1)S(=O)(=O)N(C)CCC#N. The van der Waals surface area contributed by atoms with Crippen LogP contribution in [-0.4, -0.2) is 37.2 Å². The highest BCUT2D eigenvalue weighted by molar-refractivity contribution is 7.86. The number of rotatable bonds is 7. The third-order valence-electron chi connectivity index (χ3n) is 2.86. The highest BCUT2D eigenvalue weighted by atomic mass is 35.5. The third kappa shape index (κ3) is 4.46. The van der Waals surface area contributed by atoms with Gasteiger partial charge in [-0.15, -0.1) is 0 Å². The van der Waals surface area contributed by atoms with Gasteiger partial charge < -0.3 is 0 Å². The Labute approximate surface area is 125 Å². The summed E-state index contributed by atoms with van der Waals surface area (Å²) in [7, 11) is -2.08. The van der Waals surface area contributed by atoms with Crippen molar-refractivity contribution < 1.29 is 8.42 Å². The van der Waals surface area contributed by atoms with Gasteiger partial charge in [-0.05, 0) is 17.7 Å². The molecule has 1 rings (SSSR count). The van der Waals surface area contributed by atoms with E-state index in [9.17, 15) is 8.42 Å². The molecule has 0 aliphatic heterocycles. The molecule has 110 valence electrons. The molecule has 0 saturated heterocycles. The molecule has 0 amide bonds. The van der Waals surface area contributed by atoms with Crippen LogP contribution in [0.3, 0.4) is 0 Å². The standard InChI is InChI=1S/C13H18ClN3O2S/c1-3-17(11-12-6-4-7-13(14)10-12)20(18,19)16(2)9-5-8-15/h4,6-7,10H,3,5,9,11H2,1-2H3. The molecule has 0 aliphatic carbocycles. The summed E-state index contributed by atoms with van der Waals surface area (Å²) in [6.07, 6.45) is 0.171. The molecule has 0 heterocycles. The van der Waals surface area contributed by atoms with E-state index < -0.39 is 10.2 Å². The van der Waals surface area contributed by atoms with Crippen LogP contribution in [0.5, 0.6) is 0 Å². The van der Waals surface area contributed by atoms with Crippen molar-refractivity contribution >= 4 is 21.8 Å². The molecule has 0 spiro atoms. The van der Waals surface area contributed by atoms with Crippen molar-refractivity contribution in [1.29, 1.82) is 5.26 Å². The van der Waals surface area contributed by atoms with Gasteiger partial charge >= 0.3 is 0 Å². The van der Waals surface area contributed by atoms with E-state index in [0.29, 0.717) is 11.6 Å². The van der Waals surface area contributed by atoms with Crippen molar-refractivity contribution in [2.75, 3.05) is 20.1 Å². The molecule has 0 aliphatic rings. The van der Waals surface area contributed by atoms with Crippen molar-refractivity contribution in [3.63, 3.8) is 0 Å². The van der Waals surface area contributed by atoms with E-state index >= 15 is 0 Å². The van der Waals surface area contributed by atoms with Crippen molar-refractivity contribution in [2.24, 2.45) is 0 Å². The second-order valence-electron chi connectivity index (χ2n) is 4.29. The first kappa shape index (κ1) is 16.9. The van der Waals surface area contributed by atoms with Gasteiger partial charge in [-0.3, -0.25) is 0 Å². The van der Waals surface area contributed by atoms with E-state index in [0.717, 1.165) is 5.56 Å². The summed E-state index contributed by atoms with van der Waals surface area (Å²) >= 11 is 5.90. The van der Waals surface area contributed by atoms with Crippen LogP contribution in [0.15, 0.2) is 24.3 Å². The number of nitriles is 1. The highest BCUT2D eigenvalue weighted by Gasteiger charge is 2.25. The molecule has 0 saturated carbocycles. The maximum absolute atomic E-state index is 12.4. The average Bonchev–Trinajstić information content (AvgIpc) is 2.41. The molecule has 0 fully saturated rings. The molecule has 0 N–H and O–H groups in total. The molecular weight excluding hydrogens is 298 g/mol. The lowest BCUT2D eigenvalue weighted by Crippen LogP contribution is -2.41. The second-order valence-corrected chi connectivity index (χ2v) is 6.77. The lowest BCUT2D eigenvalue weighted by atomic mass is 10.2. The van der Waals surface area contributed by atoms with E-state index in [2.05, 4.69) is 0 Å². The van der Waals surface area contributed by atoms with Crippen molar-refractivity contribution in [1.82, 2.24) is 8.61 Å². The zero-order valence-electron chi connectivity index (χ0n) is 11.6. The number of benzene rings is 1. The molecule has 0 bridgehead atoms. The fourth-order valence-electron chi connectivity index (χ4n) is 1.72. The van der Waals surface area contributed by atoms with Gasteiger partial charge in [-0.2, -0.15) is 22.3 Å². The van der Waals surface area contributed by atoms with Crippen molar-refractivity contribution in [3.8, 4) is 6.07 Å².